The molecule has 1 aromatic heterocycles. The molecule has 134 valence electrons. The van der Waals surface area contributed by atoms with Crippen LogP contribution < -0.4 is 10.6 Å². The number of thioether (sulfide) groups is 1. The first-order valence-corrected chi connectivity index (χ1v) is 9.34. The third kappa shape index (κ3) is 4.86. The van der Waals surface area contributed by atoms with Gasteiger partial charge in [0.15, 0.2) is 5.16 Å². The van der Waals surface area contributed by atoms with Crippen LogP contribution in [0.2, 0.25) is 0 Å². The van der Waals surface area contributed by atoms with Gasteiger partial charge in [-0.25, -0.2) is 0 Å². The number of nitrogens with one attached hydrogen (secondary N) is 2. The van der Waals surface area contributed by atoms with E-state index in [0.29, 0.717) is 0 Å². The second-order valence-corrected chi connectivity index (χ2v) is 6.96. The minimum atomic E-state index is -0.0722. The van der Waals surface area contributed by atoms with Gasteiger partial charge in [-0.2, -0.15) is 0 Å². The number of aromatic nitrogens is 3. The highest BCUT2D eigenvalue weighted by Gasteiger charge is 2.10. The summed E-state index contributed by atoms with van der Waals surface area (Å²) in [6.07, 6.45) is 1.68. The van der Waals surface area contributed by atoms with Gasteiger partial charge in [0.1, 0.15) is 6.33 Å². The molecule has 0 bridgehead atoms. The molecular formula is C19H21N5OS. The predicted octanol–water partition coefficient (Wildman–Crippen LogP) is 4.33. The molecule has 1 amide bonds. The molecule has 3 rings (SSSR count). The quantitative estimate of drug-likeness (QED) is 0.608. The number of para-hydroxylation sites is 1. The molecule has 0 saturated carbocycles. The van der Waals surface area contributed by atoms with Gasteiger partial charge in [0.25, 0.3) is 0 Å². The number of amides is 1. The van der Waals surface area contributed by atoms with E-state index in [1.807, 2.05) is 59.2 Å². The van der Waals surface area contributed by atoms with Crippen molar-refractivity contribution in [2.24, 2.45) is 0 Å². The Kier molecular flexibility index (Phi) is 5.91. The summed E-state index contributed by atoms with van der Waals surface area (Å²) in [6, 6.07) is 17.8. The molecule has 2 N–H and O–H groups in total. The normalized spacial score (nSPS) is 10.7. The Bertz CT molecular complexity index is 846. The van der Waals surface area contributed by atoms with Crippen molar-refractivity contribution in [3.05, 3.63) is 60.9 Å². The second kappa shape index (κ2) is 8.53. The molecule has 0 aliphatic heterocycles. The van der Waals surface area contributed by atoms with Gasteiger partial charge >= 0.3 is 0 Å². The Hall–Kier alpha value is -2.80. The molecule has 0 spiro atoms. The number of rotatable bonds is 7. The average molecular weight is 367 g/mol. The monoisotopic (exact) mass is 367 g/mol. The molecule has 26 heavy (non-hydrogen) atoms. The number of anilines is 3. The lowest BCUT2D eigenvalue weighted by Crippen LogP contribution is -2.14. The third-order valence-corrected chi connectivity index (χ3v) is 4.62. The minimum absolute atomic E-state index is 0.0722. The van der Waals surface area contributed by atoms with Crippen LogP contribution in [0.5, 0.6) is 0 Å². The predicted molar refractivity (Wildman–Crippen MR) is 106 cm³/mol. The van der Waals surface area contributed by atoms with Crippen molar-refractivity contribution in [1.29, 1.82) is 0 Å². The van der Waals surface area contributed by atoms with Gasteiger partial charge in [-0.05, 0) is 50.2 Å². The molecule has 0 unspecified atom stereocenters. The van der Waals surface area contributed by atoms with Crippen LogP contribution in [0.25, 0.3) is 0 Å². The zero-order valence-electron chi connectivity index (χ0n) is 14.7. The summed E-state index contributed by atoms with van der Waals surface area (Å²) in [6.45, 7) is 4.11. The van der Waals surface area contributed by atoms with Crippen LogP contribution in [0.4, 0.5) is 17.1 Å². The Labute approximate surface area is 157 Å². The number of carbonyl (C=O) groups is 1. The first kappa shape index (κ1) is 18.0. The Balaban J connectivity index is 1.52. The SMILES string of the molecule is CC(C)n1cnnc1SCC(=O)Nc1ccc(Nc2ccccc2)cc1. The summed E-state index contributed by atoms with van der Waals surface area (Å²) in [7, 11) is 0. The zero-order valence-corrected chi connectivity index (χ0v) is 15.5. The molecule has 3 aromatic rings. The zero-order chi connectivity index (χ0) is 18.4. The van der Waals surface area contributed by atoms with Gasteiger partial charge in [-0.1, -0.05) is 30.0 Å². The largest absolute Gasteiger partial charge is 0.356 e. The summed E-state index contributed by atoms with van der Waals surface area (Å²) in [5.74, 6) is 0.215. The average Bonchev–Trinajstić information content (AvgIpc) is 3.11. The van der Waals surface area contributed by atoms with Crippen molar-refractivity contribution in [2.45, 2.75) is 25.0 Å². The fraction of sp³-hybridized carbons (Fsp3) is 0.211. The van der Waals surface area contributed by atoms with E-state index in [1.165, 1.54) is 11.8 Å². The van der Waals surface area contributed by atoms with Crippen molar-refractivity contribution >= 4 is 34.7 Å². The van der Waals surface area contributed by atoms with E-state index < -0.39 is 0 Å². The Morgan fingerprint density at radius 2 is 1.69 bits per heavy atom. The van der Waals surface area contributed by atoms with Crippen molar-refractivity contribution in [3.63, 3.8) is 0 Å². The first-order valence-electron chi connectivity index (χ1n) is 8.36. The number of hydrogen-bond donors (Lipinski definition) is 2. The van der Waals surface area contributed by atoms with Crippen molar-refractivity contribution < 1.29 is 4.79 Å². The maximum absolute atomic E-state index is 12.2. The molecular weight excluding hydrogens is 346 g/mol. The van der Waals surface area contributed by atoms with Crippen LogP contribution in [-0.2, 0) is 4.79 Å². The van der Waals surface area contributed by atoms with Crippen LogP contribution >= 0.6 is 11.8 Å². The second-order valence-electron chi connectivity index (χ2n) is 6.02. The number of carbonyl (C=O) groups excluding carboxylic acids is 1. The van der Waals surface area contributed by atoms with Gasteiger partial charge < -0.3 is 15.2 Å². The first-order chi connectivity index (χ1) is 12.6. The highest BCUT2D eigenvalue weighted by molar-refractivity contribution is 7.99. The molecule has 0 aliphatic carbocycles. The lowest BCUT2D eigenvalue weighted by Gasteiger charge is -2.10. The van der Waals surface area contributed by atoms with E-state index in [4.69, 9.17) is 0 Å². The third-order valence-electron chi connectivity index (χ3n) is 3.66. The fourth-order valence-corrected chi connectivity index (χ4v) is 3.19. The summed E-state index contributed by atoms with van der Waals surface area (Å²) in [4.78, 5) is 12.2. The maximum atomic E-state index is 12.2. The van der Waals surface area contributed by atoms with Gasteiger partial charge in [-0.3, -0.25) is 4.79 Å². The van der Waals surface area contributed by atoms with Crippen LogP contribution in [-0.4, -0.2) is 26.4 Å². The highest BCUT2D eigenvalue weighted by Crippen LogP contribution is 2.21. The number of benzene rings is 2. The number of nitrogens with zero attached hydrogens (tertiary/aromatic N) is 3. The van der Waals surface area contributed by atoms with Gasteiger partial charge in [0.05, 0.1) is 5.75 Å². The molecule has 0 atom stereocenters. The van der Waals surface area contributed by atoms with E-state index in [1.54, 1.807) is 6.33 Å². The molecule has 0 aliphatic rings. The molecule has 1 heterocycles. The maximum Gasteiger partial charge on any atom is 0.234 e. The van der Waals surface area contributed by atoms with E-state index in [9.17, 15) is 4.79 Å². The molecule has 7 heteroatoms. The summed E-state index contributed by atoms with van der Waals surface area (Å²) < 4.78 is 1.95. The lowest BCUT2D eigenvalue weighted by molar-refractivity contribution is -0.113. The molecule has 2 aromatic carbocycles. The van der Waals surface area contributed by atoms with E-state index in [-0.39, 0.29) is 17.7 Å². The van der Waals surface area contributed by atoms with Crippen LogP contribution in [0.3, 0.4) is 0 Å². The van der Waals surface area contributed by atoms with Gasteiger partial charge in [0.2, 0.25) is 5.91 Å². The van der Waals surface area contributed by atoms with Crippen molar-refractivity contribution in [1.82, 2.24) is 14.8 Å². The standard InChI is InChI=1S/C19H21N5OS/c1-14(2)24-13-20-23-19(24)26-12-18(25)22-17-10-8-16(9-11-17)21-15-6-4-3-5-7-15/h3-11,13-14,21H,12H2,1-2H3,(H,22,25). The minimum Gasteiger partial charge on any atom is -0.356 e. The van der Waals surface area contributed by atoms with E-state index in [0.717, 1.165) is 22.2 Å². The molecule has 0 fully saturated rings. The van der Waals surface area contributed by atoms with Crippen LogP contribution in [0.15, 0.2) is 66.1 Å². The Morgan fingerprint density at radius 3 is 2.38 bits per heavy atom. The lowest BCUT2D eigenvalue weighted by atomic mass is 10.2. The summed E-state index contributed by atoms with van der Waals surface area (Å²) in [5.41, 5.74) is 2.75. The number of hydrogen-bond acceptors (Lipinski definition) is 5. The molecule has 0 radical (unpaired) electrons. The summed E-state index contributed by atoms with van der Waals surface area (Å²) in [5, 5.41) is 14.9. The highest BCUT2D eigenvalue weighted by atomic mass is 32.2. The van der Waals surface area contributed by atoms with Gasteiger partial charge in [-0.15, -0.1) is 10.2 Å². The summed E-state index contributed by atoms with van der Waals surface area (Å²) >= 11 is 1.38. The topological polar surface area (TPSA) is 71.8 Å². The van der Waals surface area contributed by atoms with Crippen LogP contribution in [0, 0.1) is 0 Å². The Morgan fingerprint density at radius 1 is 1.04 bits per heavy atom. The van der Waals surface area contributed by atoms with Crippen molar-refractivity contribution in [2.75, 3.05) is 16.4 Å². The van der Waals surface area contributed by atoms with Crippen LogP contribution in [0.1, 0.15) is 19.9 Å². The fourth-order valence-electron chi connectivity index (χ4n) is 2.34. The molecule has 6 nitrogen and oxygen atoms in total. The molecule has 0 saturated heterocycles. The van der Waals surface area contributed by atoms with E-state index in [2.05, 4.69) is 34.7 Å². The van der Waals surface area contributed by atoms with Crippen molar-refractivity contribution in [3.8, 4) is 0 Å². The smallest absolute Gasteiger partial charge is 0.234 e. The van der Waals surface area contributed by atoms with E-state index >= 15 is 0 Å². The van der Waals surface area contributed by atoms with Gasteiger partial charge in [0, 0.05) is 23.1 Å².